The molecule has 0 spiro atoms. The van der Waals surface area contributed by atoms with Gasteiger partial charge in [-0.2, -0.15) is 0 Å². The molecule has 26 heavy (non-hydrogen) atoms. The molecule has 0 aliphatic carbocycles. The molecule has 0 radical (unpaired) electrons. The maximum atomic E-state index is 12.3. The summed E-state index contributed by atoms with van der Waals surface area (Å²) in [5.41, 5.74) is 7.52. The van der Waals surface area contributed by atoms with Crippen LogP contribution in [0, 0.1) is 0 Å². The molecule has 3 rings (SSSR count). The Kier molecular flexibility index (Phi) is 7.68. The highest BCUT2D eigenvalue weighted by Gasteiger charge is 2.20. The Hall–Kier alpha value is -1.83. The van der Waals surface area contributed by atoms with Gasteiger partial charge in [0.25, 0.3) is 5.91 Å². The monoisotopic (exact) mass is 382 g/mol. The van der Waals surface area contributed by atoms with Gasteiger partial charge in [-0.25, -0.2) is 0 Å². The molecule has 2 aliphatic heterocycles. The fourth-order valence-electron chi connectivity index (χ4n) is 3.40. The van der Waals surface area contributed by atoms with Gasteiger partial charge in [-0.05, 0) is 37.5 Å². The molecule has 0 saturated carbocycles. The average Bonchev–Trinajstić information content (AvgIpc) is 2.63. The molecule has 2 heterocycles. The molecule has 1 atom stereocenters. The molecule has 4 N–H and O–H groups in total. The summed E-state index contributed by atoms with van der Waals surface area (Å²) in [6.45, 7) is 3.81. The molecule has 0 aromatic heterocycles. The molecule has 8 heteroatoms. The first-order valence-electron chi connectivity index (χ1n) is 8.93. The first kappa shape index (κ1) is 20.5. The van der Waals surface area contributed by atoms with Crippen LogP contribution in [0.2, 0.25) is 0 Å². The lowest BCUT2D eigenvalue weighted by Crippen LogP contribution is -2.43. The topological polar surface area (TPSA) is 96.7 Å². The van der Waals surface area contributed by atoms with Crippen molar-refractivity contribution in [3.8, 4) is 0 Å². The quantitative estimate of drug-likeness (QED) is 0.717. The number of morpholine rings is 1. The van der Waals surface area contributed by atoms with Crippen LogP contribution in [-0.4, -0.2) is 50.7 Å². The number of piperidine rings is 1. The van der Waals surface area contributed by atoms with Crippen molar-refractivity contribution in [1.82, 2.24) is 5.32 Å². The van der Waals surface area contributed by atoms with Crippen LogP contribution >= 0.6 is 12.4 Å². The summed E-state index contributed by atoms with van der Waals surface area (Å²) in [7, 11) is 0. The summed E-state index contributed by atoms with van der Waals surface area (Å²) in [6, 6.07) is 5.33. The first-order chi connectivity index (χ1) is 12.1. The highest BCUT2D eigenvalue weighted by molar-refractivity contribution is 6.00. The largest absolute Gasteiger partial charge is 0.378 e. The number of primary amides is 1. The average molecular weight is 383 g/mol. The maximum absolute atomic E-state index is 12.3. The number of ether oxygens (including phenoxy) is 1. The zero-order chi connectivity index (χ0) is 17.6. The number of amides is 2. The minimum absolute atomic E-state index is 0. The zero-order valence-electron chi connectivity index (χ0n) is 14.8. The molecule has 7 nitrogen and oxygen atoms in total. The normalized spacial score (nSPS) is 20.2. The number of carbonyl (C=O) groups is 2. The lowest BCUT2D eigenvalue weighted by atomic mass is 10.1. The van der Waals surface area contributed by atoms with E-state index in [4.69, 9.17) is 10.5 Å². The van der Waals surface area contributed by atoms with Crippen molar-refractivity contribution >= 4 is 35.6 Å². The van der Waals surface area contributed by atoms with Gasteiger partial charge in [-0.3, -0.25) is 9.59 Å². The summed E-state index contributed by atoms with van der Waals surface area (Å²) in [4.78, 5) is 26.2. The van der Waals surface area contributed by atoms with Crippen LogP contribution in [0.25, 0.3) is 0 Å². The predicted octanol–water partition coefficient (Wildman–Crippen LogP) is 1.51. The Labute approximate surface area is 160 Å². The number of hydrogen-bond acceptors (Lipinski definition) is 5. The van der Waals surface area contributed by atoms with Gasteiger partial charge in [0.2, 0.25) is 5.91 Å². The molecular formula is C18H27ClN4O3. The number of nitrogens with zero attached hydrogens (tertiary/aromatic N) is 1. The van der Waals surface area contributed by atoms with E-state index in [-0.39, 0.29) is 24.4 Å². The number of rotatable bonds is 5. The van der Waals surface area contributed by atoms with Crippen LogP contribution in [0.15, 0.2) is 18.2 Å². The summed E-state index contributed by atoms with van der Waals surface area (Å²) in [5.74, 6) is -0.513. The van der Waals surface area contributed by atoms with E-state index in [0.29, 0.717) is 30.9 Å². The van der Waals surface area contributed by atoms with Gasteiger partial charge >= 0.3 is 0 Å². The van der Waals surface area contributed by atoms with Gasteiger partial charge in [-0.1, -0.05) is 0 Å². The third-order valence-electron chi connectivity index (χ3n) is 4.67. The number of halogens is 1. The standard InChI is InChI=1S/C18H26N4O3.ClH/c19-18(24)15-5-4-13(10-16(15)22-7-2-1-3-8-22)21-17(23)11-14-12-25-9-6-20-14;/h4-5,10,14,20H,1-3,6-9,11-12H2,(H2,19,24)(H,21,23);1H. The summed E-state index contributed by atoms with van der Waals surface area (Å²) in [6.07, 6.45) is 3.76. The Bertz CT molecular complexity index is 629. The second kappa shape index (κ2) is 9.75. The van der Waals surface area contributed by atoms with Crippen molar-refractivity contribution in [3.63, 3.8) is 0 Å². The van der Waals surface area contributed by atoms with Crippen molar-refractivity contribution in [2.24, 2.45) is 5.73 Å². The molecule has 1 aromatic rings. The van der Waals surface area contributed by atoms with E-state index in [1.54, 1.807) is 12.1 Å². The molecule has 2 fully saturated rings. The van der Waals surface area contributed by atoms with Crippen molar-refractivity contribution in [3.05, 3.63) is 23.8 Å². The first-order valence-corrected chi connectivity index (χ1v) is 8.93. The molecule has 2 aliphatic rings. The number of benzene rings is 1. The Morgan fingerprint density at radius 3 is 2.69 bits per heavy atom. The Morgan fingerprint density at radius 2 is 2.04 bits per heavy atom. The lowest BCUT2D eigenvalue weighted by molar-refractivity contribution is -0.117. The van der Waals surface area contributed by atoms with Gasteiger partial charge in [0.15, 0.2) is 0 Å². The van der Waals surface area contributed by atoms with Crippen LogP contribution < -0.4 is 21.3 Å². The molecule has 0 bridgehead atoms. The van der Waals surface area contributed by atoms with Crippen LogP contribution in [0.5, 0.6) is 0 Å². The van der Waals surface area contributed by atoms with Crippen LogP contribution in [0.4, 0.5) is 11.4 Å². The Balaban J connectivity index is 0.00000243. The zero-order valence-corrected chi connectivity index (χ0v) is 15.6. The van der Waals surface area contributed by atoms with Gasteiger partial charge in [0, 0.05) is 37.8 Å². The van der Waals surface area contributed by atoms with Crippen molar-refractivity contribution < 1.29 is 14.3 Å². The van der Waals surface area contributed by atoms with Gasteiger partial charge in [0.05, 0.1) is 24.5 Å². The number of nitrogens with two attached hydrogens (primary N) is 1. The second-order valence-electron chi connectivity index (χ2n) is 6.62. The summed E-state index contributed by atoms with van der Waals surface area (Å²) in [5, 5.41) is 6.19. The lowest BCUT2D eigenvalue weighted by Gasteiger charge is -2.30. The molecule has 2 saturated heterocycles. The smallest absolute Gasteiger partial charge is 0.250 e. The third kappa shape index (κ3) is 5.33. The number of carbonyl (C=O) groups excluding carboxylic acids is 2. The van der Waals surface area contributed by atoms with E-state index in [1.165, 1.54) is 6.42 Å². The Morgan fingerprint density at radius 1 is 1.27 bits per heavy atom. The minimum Gasteiger partial charge on any atom is -0.378 e. The van der Waals surface area contributed by atoms with E-state index >= 15 is 0 Å². The third-order valence-corrected chi connectivity index (χ3v) is 4.67. The van der Waals surface area contributed by atoms with Gasteiger partial charge in [0.1, 0.15) is 0 Å². The van der Waals surface area contributed by atoms with Crippen LogP contribution in [0.3, 0.4) is 0 Å². The second-order valence-corrected chi connectivity index (χ2v) is 6.62. The fraction of sp³-hybridized carbons (Fsp3) is 0.556. The van der Waals surface area contributed by atoms with Gasteiger partial charge in [-0.15, -0.1) is 12.4 Å². The molecular weight excluding hydrogens is 356 g/mol. The van der Waals surface area contributed by atoms with Crippen molar-refractivity contribution in [2.45, 2.75) is 31.7 Å². The number of anilines is 2. The molecule has 1 aromatic carbocycles. The van der Waals surface area contributed by atoms with Crippen LogP contribution in [0.1, 0.15) is 36.0 Å². The number of hydrogen-bond donors (Lipinski definition) is 3. The fourth-order valence-corrected chi connectivity index (χ4v) is 3.40. The minimum atomic E-state index is -0.443. The molecule has 144 valence electrons. The van der Waals surface area contributed by atoms with Crippen LogP contribution in [-0.2, 0) is 9.53 Å². The maximum Gasteiger partial charge on any atom is 0.250 e. The summed E-state index contributed by atoms with van der Waals surface area (Å²) < 4.78 is 5.37. The molecule has 2 amide bonds. The van der Waals surface area contributed by atoms with E-state index in [1.807, 2.05) is 6.07 Å². The van der Waals surface area contributed by atoms with E-state index in [0.717, 1.165) is 38.2 Å². The highest BCUT2D eigenvalue weighted by atomic mass is 35.5. The van der Waals surface area contributed by atoms with Crippen molar-refractivity contribution in [1.29, 1.82) is 0 Å². The van der Waals surface area contributed by atoms with E-state index in [9.17, 15) is 9.59 Å². The van der Waals surface area contributed by atoms with E-state index < -0.39 is 5.91 Å². The SMILES string of the molecule is Cl.NC(=O)c1ccc(NC(=O)CC2COCCN2)cc1N1CCCCC1. The van der Waals surface area contributed by atoms with Gasteiger partial charge < -0.3 is 26.0 Å². The van der Waals surface area contributed by atoms with Crippen molar-refractivity contribution in [2.75, 3.05) is 43.1 Å². The highest BCUT2D eigenvalue weighted by Crippen LogP contribution is 2.27. The predicted molar refractivity (Wildman–Crippen MR) is 104 cm³/mol. The molecule has 1 unspecified atom stereocenters. The van der Waals surface area contributed by atoms with E-state index in [2.05, 4.69) is 15.5 Å². The summed E-state index contributed by atoms with van der Waals surface area (Å²) >= 11 is 0. The number of nitrogens with one attached hydrogen (secondary N) is 2.